The molecular weight excluding hydrogens is 350 g/mol. The summed E-state index contributed by atoms with van der Waals surface area (Å²) in [6.45, 7) is 1.94. The molecule has 0 fully saturated rings. The van der Waals surface area contributed by atoms with Crippen LogP contribution in [0.25, 0.3) is 16.3 Å². The average Bonchev–Trinajstić information content (AvgIpc) is 3.22. The average molecular weight is 365 g/mol. The molecule has 0 unspecified atom stereocenters. The van der Waals surface area contributed by atoms with Crippen molar-refractivity contribution in [2.75, 3.05) is 11.9 Å². The summed E-state index contributed by atoms with van der Waals surface area (Å²) in [6, 6.07) is 17.1. The summed E-state index contributed by atoms with van der Waals surface area (Å²) < 4.78 is 7.06. The van der Waals surface area contributed by atoms with Crippen LogP contribution in [-0.4, -0.2) is 32.3 Å². The molecule has 0 aliphatic heterocycles. The Balaban J connectivity index is 1.47. The fourth-order valence-electron chi connectivity index (χ4n) is 2.37. The molecule has 2 heterocycles. The zero-order valence-electron chi connectivity index (χ0n) is 13.9. The van der Waals surface area contributed by atoms with Crippen LogP contribution in [0.1, 0.15) is 5.56 Å². The Morgan fingerprint density at radius 1 is 1.12 bits per heavy atom. The molecule has 0 atom stereocenters. The maximum Gasteiger partial charge on any atom is 0.264 e. The molecule has 0 spiro atoms. The van der Waals surface area contributed by atoms with Crippen molar-refractivity contribution in [1.82, 2.24) is 19.8 Å². The molecule has 7 nitrogen and oxygen atoms in total. The van der Waals surface area contributed by atoms with E-state index in [0.717, 1.165) is 5.56 Å². The van der Waals surface area contributed by atoms with Gasteiger partial charge < -0.3 is 4.74 Å². The van der Waals surface area contributed by atoms with Gasteiger partial charge >= 0.3 is 0 Å². The molecule has 0 saturated heterocycles. The maximum absolute atomic E-state index is 12.1. The lowest BCUT2D eigenvalue weighted by Gasteiger charge is -2.04. The number of carbonyl (C=O) groups is 1. The standard InChI is InChI=1S/C18H15N5O2S/c1-12-7-9-13(10-8-12)16-20-21-18-23(16)22-17(26-18)19-15(24)11-25-14-5-3-2-4-6-14/h2-10H,11H2,1H3,(H,19,22,24). The number of aromatic nitrogens is 4. The van der Waals surface area contributed by atoms with Crippen LogP contribution in [0.2, 0.25) is 0 Å². The molecule has 0 aliphatic rings. The minimum atomic E-state index is -0.282. The van der Waals surface area contributed by atoms with Gasteiger partial charge in [-0.25, -0.2) is 0 Å². The third-order valence-electron chi connectivity index (χ3n) is 3.66. The zero-order chi connectivity index (χ0) is 17.9. The van der Waals surface area contributed by atoms with Crippen LogP contribution in [0.4, 0.5) is 5.13 Å². The Morgan fingerprint density at radius 2 is 1.88 bits per heavy atom. The van der Waals surface area contributed by atoms with E-state index in [-0.39, 0.29) is 12.5 Å². The van der Waals surface area contributed by atoms with Crippen molar-refractivity contribution in [3.8, 4) is 17.1 Å². The Kier molecular flexibility index (Phi) is 4.32. The van der Waals surface area contributed by atoms with E-state index < -0.39 is 0 Å². The number of anilines is 1. The van der Waals surface area contributed by atoms with Gasteiger partial charge in [-0.1, -0.05) is 59.4 Å². The summed E-state index contributed by atoms with van der Waals surface area (Å²) in [5.41, 5.74) is 2.08. The van der Waals surface area contributed by atoms with Gasteiger partial charge in [-0.3, -0.25) is 10.1 Å². The summed E-state index contributed by atoms with van der Waals surface area (Å²) in [7, 11) is 0. The summed E-state index contributed by atoms with van der Waals surface area (Å²) in [5.74, 6) is 0.996. The number of hydrogen-bond acceptors (Lipinski definition) is 6. The lowest BCUT2D eigenvalue weighted by Crippen LogP contribution is -2.20. The van der Waals surface area contributed by atoms with E-state index in [2.05, 4.69) is 20.6 Å². The fourth-order valence-corrected chi connectivity index (χ4v) is 3.13. The van der Waals surface area contributed by atoms with Crippen LogP contribution >= 0.6 is 11.3 Å². The number of hydrogen-bond donors (Lipinski definition) is 1. The highest BCUT2D eigenvalue weighted by molar-refractivity contribution is 7.20. The normalized spacial score (nSPS) is 10.8. The molecule has 0 saturated carbocycles. The third-order valence-corrected chi connectivity index (χ3v) is 4.47. The van der Waals surface area contributed by atoms with Crippen LogP contribution in [0.5, 0.6) is 5.75 Å². The van der Waals surface area contributed by atoms with Gasteiger partial charge in [0.25, 0.3) is 5.91 Å². The first kappa shape index (κ1) is 16.2. The molecular formula is C18H15N5O2S. The molecule has 4 aromatic rings. The first-order chi connectivity index (χ1) is 12.7. The number of rotatable bonds is 5. The highest BCUT2D eigenvalue weighted by Crippen LogP contribution is 2.24. The second kappa shape index (κ2) is 6.93. The van der Waals surface area contributed by atoms with Crippen molar-refractivity contribution < 1.29 is 9.53 Å². The van der Waals surface area contributed by atoms with E-state index in [0.29, 0.717) is 21.7 Å². The van der Waals surface area contributed by atoms with Gasteiger partial charge in [0.2, 0.25) is 10.1 Å². The van der Waals surface area contributed by atoms with Gasteiger partial charge in [0.1, 0.15) is 5.75 Å². The van der Waals surface area contributed by atoms with Crippen molar-refractivity contribution in [3.63, 3.8) is 0 Å². The van der Waals surface area contributed by atoms with Crippen LogP contribution in [-0.2, 0) is 4.79 Å². The van der Waals surface area contributed by atoms with Crippen LogP contribution in [0.3, 0.4) is 0 Å². The highest BCUT2D eigenvalue weighted by Gasteiger charge is 2.15. The predicted molar refractivity (Wildman–Crippen MR) is 99.4 cm³/mol. The van der Waals surface area contributed by atoms with E-state index >= 15 is 0 Å². The quantitative estimate of drug-likeness (QED) is 0.587. The topological polar surface area (TPSA) is 81.4 Å². The number of ether oxygens (including phenoxy) is 1. The SMILES string of the molecule is Cc1ccc(-c2nnc3sc(NC(=O)COc4ccccc4)nn23)cc1. The number of aryl methyl sites for hydroxylation is 1. The summed E-state index contributed by atoms with van der Waals surface area (Å²) in [4.78, 5) is 12.7. The van der Waals surface area contributed by atoms with E-state index in [1.54, 1.807) is 16.6 Å². The maximum atomic E-state index is 12.1. The lowest BCUT2D eigenvalue weighted by molar-refractivity contribution is -0.118. The third kappa shape index (κ3) is 3.40. The van der Waals surface area contributed by atoms with Gasteiger partial charge in [-0.15, -0.1) is 15.3 Å². The number of para-hydroxylation sites is 1. The van der Waals surface area contributed by atoms with E-state index in [1.807, 2.05) is 49.4 Å². The second-order valence-electron chi connectivity index (χ2n) is 5.64. The Labute approximate surface area is 153 Å². The fraction of sp³-hybridized carbons (Fsp3) is 0.111. The molecule has 4 rings (SSSR count). The van der Waals surface area contributed by atoms with Crippen LogP contribution < -0.4 is 10.1 Å². The molecule has 0 aliphatic carbocycles. The molecule has 1 N–H and O–H groups in total. The monoisotopic (exact) mass is 365 g/mol. The molecule has 0 radical (unpaired) electrons. The molecule has 2 aromatic heterocycles. The van der Waals surface area contributed by atoms with E-state index in [9.17, 15) is 4.79 Å². The first-order valence-electron chi connectivity index (χ1n) is 7.96. The number of amides is 1. The summed E-state index contributed by atoms with van der Waals surface area (Å²) >= 11 is 1.26. The largest absolute Gasteiger partial charge is 0.484 e. The summed E-state index contributed by atoms with van der Waals surface area (Å²) in [6.07, 6.45) is 0. The lowest BCUT2D eigenvalue weighted by atomic mass is 10.1. The number of nitrogens with one attached hydrogen (secondary N) is 1. The minimum Gasteiger partial charge on any atom is -0.484 e. The van der Waals surface area contributed by atoms with Gasteiger partial charge in [0.15, 0.2) is 12.4 Å². The molecule has 26 heavy (non-hydrogen) atoms. The Bertz CT molecular complexity index is 1040. The number of carbonyl (C=O) groups excluding carboxylic acids is 1. The van der Waals surface area contributed by atoms with E-state index in [4.69, 9.17) is 4.74 Å². The van der Waals surface area contributed by atoms with E-state index in [1.165, 1.54) is 16.9 Å². The molecule has 1 amide bonds. The molecule has 8 heteroatoms. The van der Waals surface area contributed by atoms with Crippen molar-refractivity contribution in [2.24, 2.45) is 0 Å². The van der Waals surface area contributed by atoms with Gasteiger partial charge in [0, 0.05) is 5.56 Å². The number of fused-ring (bicyclic) bond motifs is 1. The molecule has 130 valence electrons. The van der Waals surface area contributed by atoms with Crippen molar-refractivity contribution in [1.29, 1.82) is 0 Å². The van der Waals surface area contributed by atoms with Gasteiger partial charge in [-0.2, -0.15) is 4.52 Å². The molecule has 0 bridgehead atoms. The zero-order valence-corrected chi connectivity index (χ0v) is 14.7. The summed E-state index contributed by atoms with van der Waals surface area (Å²) in [5, 5.41) is 15.9. The van der Waals surface area contributed by atoms with Crippen molar-refractivity contribution in [3.05, 3.63) is 60.2 Å². The van der Waals surface area contributed by atoms with Crippen LogP contribution in [0, 0.1) is 6.92 Å². The highest BCUT2D eigenvalue weighted by atomic mass is 32.1. The smallest absolute Gasteiger partial charge is 0.264 e. The second-order valence-corrected chi connectivity index (χ2v) is 6.60. The first-order valence-corrected chi connectivity index (χ1v) is 8.78. The predicted octanol–water partition coefficient (Wildman–Crippen LogP) is 3.18. The van der Waals surface area contributed by atoms with Crippen LogP contribution in [0.15, 0.2) is 54.6 Å². The van der Waals surface area contributed by atoms with Crippen molar-refractivity contribution in [2.45, 2.75) is 6.92 Å². The number of benzene rings is 2. The minimum absolute atomic E-state index is 0.0883. The molecule has 2 aromatic carbocycles. The Morgan fingerprint density at radius 3 is 2.65 bits per heavy atom. The van der Waals surface area contributed by atoms with Gasteiger partial charge in [-0.05, 0) is 19.1 Å². The van der Waals surface area contributed by atoms with Crippen molar-refractivity contribution >= 4 is 27.3 Å². The Hall–Kier alpha value is -3.26. The van der Waals surface area contributed by atoms with Gasteiger partial charge in [0.05, 0.1) is 0 Å². The number of nitrogens with zero attached hydrogens (tertiary/aromatic N) is 4.